The minimum Gasteiger partial charge on any atom is -0.310 e. The lowest BCUT2D eigenvalue weighted by Gasteiger charge is -2.45. The van der Waals surface area contributed by atoms with Crippen LogP contribution in [0.2, 0.25) is 0 Å². The van der Waals surface area contributed by atoms with Crippen molar-refractivity contribution in [3.05, 3.63) is 329 Å². The van der Waals surface area contributed by atoms with E-state index in [9.17, 15) is 0 Å². The maximum Gasteiger partial charge on any atom is 0.0755 e. The maximum atomic E-state index is 2.56. The van der Waals surface area contributed by atoms with Crippen LogP contribution >= 0.6 is 11.3 Å². The summed E-state index contributed by atoms with van der Waals surface area (Å²) in [6, 6.07) is 101. The molecule has 12 aromatic rings. The van der Waals surface area contributed by atoms with Crippen molar-refractivity contribution in [1.29, 1.82) is 0 Å². The number of para-hydroxylation sites is 2. The standard InChI is InChI=1S/C74H50N2S/c1-6-22-49(23-7-1)57-43-44-68-72-71(57)61-42-39-56(48-66(61)74(72,52-28-12-4-13-29-52)64-35-19-20-36-67(64)76(68)53-30-14-5-15-31-53)75(54-40-45-70-62(46-54)60-33-17-21-37-69(60)77-70)55-38-41-59-58-32-16-18-34-63(58)73(65(59)47-55,50-24-8-2-9-25-50)51-26-10-3-11-27-51/h1-17,19-33,35-48H,18,34H2. The first kappa shape index (κ1) is 44.1. The van der Waals surface area contributed by atoms with Crippen LogP contribution in [0.15, 0.2) is 285 Å². The number of thiophene rings is 1. The summed E-state index contributed by atoms with van der Waals surface area (Å²) in [6.07, 6.45) is 6.78. The maximum absolute atomic E-state index is 2.56. The molecule has 3 heteroatoms. The number of benzene rings is 11. The average Bonchev–Trinajstić information content (AvgIpc) is 4.20. The molecule has 77 heavy (non-hydrogen) atoms. The quantitative estimate of drug-likeness (QED) is 0.150. The van der Waals surface area contributed by atoms with Crippen LogP contribution in [0, 0.1) is 0 Å². The number of hydrogen-bond acceptors (Lipinski definition) is 3. The Kier molecular flexibility index (Phi) is 9.80. The monoisotopic (exact) mass is 998 g/mol. The number of nitrogens with zero attached hydrogens (tertiary/aromatic N) is 2. The highest BCUT2D eigenvalue weighted by Crippen LogP contribution is 2.67. The molecule has 0 N–H and O–H groups in total. The third-order valence-corrected chi connectivity index (χ3v) is 18.4. The molecule has 3 aliphatic carbocycles. The zero-order valence-corrected chi connectivity index (χ0v) is 43.1. The topological polar surface area (TPSA) is 6.48 Å². The molecular weight excluding hydrogens is 949 g/mol. The fraction of sp³-hybridized carbons (Fsp3) is 0.0541. The van der Waals surface area contributed by atoms with Gasteiger partial charge in [0.15, 0.2) is 0 Å². The lowest BCUT2D eigenvalue weighted by Crippen LogP contribution is -2.36. The van der Waals surface area contributed by atoms with Crippen LogP contribution in [0.5, 0.6) is 0 Å². The molecule has 16 rings (SSSR count). The Morgan fingerprint density at radius 1 is 0.403 bits per heavy atom. The van der Waals surface area contributed by atoms with Gasteiger partial charge in [0, 0.05) is 48.5 Å². The minimum atomic E-state index is -0.674. The van der Waals surface area contributed by atoms with Gasteiger partial charge in [0.25, 0.3) is 0 Å². The summed E-state index contributed by atoms with van der Waals surface area (Å²) in [5.74, 6) is 0. The van der Waals surface area contributed by atoms with Crippen LogP contribution in [-0.2, 0) is 10.8 Å². The van der Waals surface area contributed by atoms with Gasteiger partial charge < -0.3 is 9.80 Å². The van der Waals surface area contributed by atoms with Crippen molar-refractivity contribution < 1.29 is 0 Å². The Morgan fingerprint density at radius 2 is 0.948 bits per heavy atom. The number of rotatable bonds is 8. The van der Waals surface area contributed by atoms with Crippen LogP contribution in [0.3, 0.4) is 0 Å². The number of allylic oxidation sites excluding steroid dienone is 4. The number of fused-ring (bicyclic) bond motifs is 10. The predicted molar refractivity (Wildman–Crippen MR) is 323 cm³/mol. The van der Waals surface area contributed by atoms with Gasteiger partial charge in [-0.25, -0.2) is 0 Å². The first-order chi connectivity index (χ1) is 38.2. The Morgan fingerprint density at radius 3 is 1.66 bits per heavy atom. The van der Waals surface area contributed by atoms with E-state index in [1.807, 2.05) is 11.3 Å². The zero-order valence-electron chi connectivity index (χ0n) is 42.3. The summed E-state index contributed by atoms with van der Waals surface area (Å²) in [5, 5.41) is 2.56. The van der Waals surface area contributed by atoms with E-state index in [-0.39, 0.29) is 0 Å². The Hall–Kier alpha value is -9.28. The van der Waals surface area contributed by atoms with E-state index in [4.69, 9.17) is 0 Å². The van der Waals surface area contributed by atoms with Gasteiger partial charge >= 0.3 is 0 Å². The largest absolute Gasteiger partial charge is 0.310 e. The summed E-state index contributed by atoms with van der Waals surface area (Å²) in [4.78, 5) is 5.06. The molecule has 0 amide bonds. The first-order valence-electron chi connectivity index (χ1n) is 27.0. The molecule has 2 nitrogen and oxygen atoms in total. The lowest BCUT2D eigenvalue weighted by molar-refractivity contribution is 0.696. The van der Waals surface area contributed by atoms with E-state index in [1.165, 1.54) is 109 Å². The molecule has 0 saturated heterocycles. The SMILES string of the molecule is C1=CC2=C(CC1)C(c1ccccc1)(c1ccccc1)c1cc(N(c3ccc4c(c3)C3(c5ccccc5)c5ccccc5N(c5ccccc5)c5ccc(-c6ccccc6)c-4c53)c3ccc4sc5ccccc5c4c3)ccc12. The van der Waals surface area contributed by atoms with E-state index in [2.05, 4.69) is 289 Å². The fourth-order valence-corrected chi connectivity index (χ4v) is 15.3. The minimum absolute atomic E-state index is 0.481. The molecular formula is C74H50N2S. The lowest BCUT2D eigenvalue weighted by atomic mass is 9.64. The molecule has 0 radical (unpaired) electrons. The van der Waals surface area contributed by atoms with E-state index in [0.29, 0.717) is 0 Å². The molecule has 4 aliphatic rings. The second-order valence-electron chi connectivity index (χ2n) is 20.9. The summed E-state index contributed by atoms with van der Waals surface area (Å²) in [6.45, 7) is 0. The van der Waals surface area contributed by atoms with Crippen molar-refractivity contribution >= 4 is 71.2 Å². The van der Waals surface area contributed by atoms with Crippen LogP contribution in [0.1, 0.15) is 57.3 Å². The van der Waals surface area contributed by atoms with Crippen LogP contribution in [0.4, 0.5) is 34.1 Å². The summed E-state index contributed by atoms with van der Waals surface area (Å²) < 4.78 is 2.59. The summed E-state index contributed by atoms with van der Waals surface area (Å²) in [7, 11) is 0. The molecule has 1 aromatic heterocycles. The van der Waals surface area contributed by atoms with Gasteiger partial charge in [0.1, 0.15) is 0 Å². The Bertz CT molecular complexity index is 4340. The second-order valence-corrected chi connectivity index (χ2v) is 22.0. The van der Waals surface area contributed by atoms with Crippen molar-refractivity contribution in [3.8, 4) is 22.3 Å². The molecule has 1 unspecified atom stereocenters. The second kappa shape index (κ2) is 17.1. The highest BCUT2D eigenvalue weighted by molar-refractivity contribution is 7.25. The average molecular weight is 999 g/mol. The van der Waals surface area contributed by atoms with Gasteiger partial charge in [-0.1, -0.05) is 206 Å². The van der Waals surface area contributed by atoms with Gasteiger partial charge in [-0.15, -0.1) is 11.3 Å². The van der Waals surface area contributed by atoms with Crippen LogP contribution in [-0.4, -0.2) is 0 Å². The third-order valence-electron chi connectivity index (χ3n) is 17.2. The fourth-order valence-electron chi connectivity index (χ4n) is 14.2. The molecule has 11 aromatic carbocycles. The number of hydrogen-bond donors (Lipinski definition) is 0. The van der Waals surface area contributed by atoms with Crippen molar-refractivity contribution in [2.45, 2.75) is 23.7 Å². The van der Waals surface area contributed by atoms with Crippen molar-refractivity contribution in [1.82, 2.24) is 0 Å². The number of anilines is 6. The van der Waals surface area contributed by atoms with Gasteiger partial charge in [-0.05, 0) is 158 Å². The van der Waals surface area contributed by atoms with Gasteiger partial charge in [0.05, 0.1) is 22.2 Å². The first-order valence-corrected chi connectivity index (χ1v) is 27.8. The Labute approximate surface area is 453 Å². The normalized spacial score (nSPS) is 16.2. The molecule has 0 saturated carbocycles. The molecule has 1 aliphatic heterocycles. The molecule has 0 fully saturated rings. The van der Waals surface area contributed by atoms with Gasteiger partial charge in [-0.2, -0.15) is 0 Å². The molecule has 0 bridgehead atoms. The molecule has 2 heterocycles. The van der Waals surface area contributed by atoms with E-state index < -0.39 is 10.8 Å². The van der Waals surface area contributed by atoms with E-state index in [0.717, 1.165) is 35.6 Å². The van der Waals surface area contributed by atoms with E-state index in [1.54, 1.807) is 0 Å². The predicted octanol–water partition coefficient (Wildman–Crippen LogP) is 19.8. The van der Waals surface area contributed by atoms with Crippen molar-refractivity contribution in [2.24, 2.45) is 0 Å². The Balaban J connectivity index is 1.00. The summed E-state index contributed by atoms with van der Waals surface area (Å²) >= 11 is 1.87. The zero-order chi connectivity index (χ0) is 50.7. The molecule has 362 valence electrons. The highest BCUT2D eigenvalue weighted by atomic mass is 32.1. The van der Waals surface area contributed by atoms with Crippen molar-refractivity contribution in [3.63, 3.8) is 0 Å². The van der Waals surface area contributed by atoms with Crippen LogP contribution < -0.4 is 9.80 Å². The molecule has 1 atom stereocenters. The van der Waals surface area contributed by atoms with E-state index >= 15 is 0 Å². The summed E-state index contributed by atoms with van der Waals surface area (Å²) in [5.41, 5.74) is 23.9. The van der Waals surface area contributed by atoms with Crippen molar-refractivity contribution in [2.75, 3.05) is 9.80 Å². The molecule has 0 spiro atoms. The van der Waals surface area contributed by atoms with Crippen LogP contribution in [0.25, 0.3) is 48.0 Å². The smallest absolute Gasteiger partial charge is 0.0755 e. The van der Waals surface area contributed by atoms with Gasteiger partial charge in [0.2, 0.25) is 0 Å². The van der Waals surface area contributed by atoms with Gasteiger partial charge in [-0.3, -0.25) is 0 Å². The third kappa shape index (κ3) is 6.23. The highest BCUT2D eigenvalue weighted by Gasteiger charge is 2.54.